The fraction of sp³-hybridized carbons (Fsp3) is 0.278. The summed E-state index contributed by atoms with van der Waals surface area (Å²) in [6.07, 6.45) is 0. The zero-order chi connectivity index (χ0) is 17.2. The molecule has 2 aromatic carbocycles. The van der Waals surface area contributed by atoms with E-state index in [4.69, 9.17) is 9.47 Å². The minimum atomic E-state index is -0.398. The van der Waals surface area contributed by atoms with Crippen LogP contribution in [0.3, 0.4) is 0 Å². The Kier molecular flexibility index (Phi) is 7.04. The molecule has 2 N–H and O–H groups in total. The van der Waals surface area contributed by atoms with Gasteiger partial charge in [-0.25, -0.2) is 4.39 Å². The van der Waals surface area contributed by atoms with Gasteiger partial charge in [0.1, 0.15) is 18.2 Å². The first kappa shape index (κ1) is 17.7. The van der Waals surface area contributed by atoms with Gasteiger partial charge in [-0.1, -0.05) is 24.3 Å². The molecule has 0 unspecified atom stereocenters. The second-order valence-corrected chi connectivity index (χ2v) is 4.92. The van der Waals surface area contributed by atoms with Crippen LogP contribution < -0.4 is 15.4 Å². The molecule has 0 aliphatic rings. The highest BCUT2D eigenvalue weighted by Gasteiger charge is 2.08. The first-order valence-corrected chi connectivity index (χ1v) is 7.78. The molecule has 0 heterocycles. The fourth-order valence-corrected chi connectivity index (χ4v) is 2.03. The van der Waals surface area contributed by atoms with Crippen molar-refractivity contribution in [2.24, 2.45) is 0 Å². The van der Waals surface area contributed by atoms with Gasteiger partial charge in [0.25, 0.3) is 0 Å². The van der Waals surface area contributed by atoms with Gasteiger partial charge < -0.3 is 20.1 Å². The average molecular weight is 332 g/mol. The van der Waals surface area contributed by atoms with Gasteiger partial charge in [0, 0.05) is 6.61 Å². The number of anilines is 2. The summed E-state index contributed by atoms with van der Waals surface area (Å²) in [6, 6.07) is 13.3. The highest BCUT2D eigenvalue weighted by Crippen LogP contribution is 2.23. The lowest BCUT2D eigenvalue weighted by Crippen LogP contribution is -2.22. The smallest absolute Gasteiger partial charge is 0.243 e. The number of carbonyl (C=O) groups excluding carboxylic acids is 1. The second kappa shape index (κ2) is 9.52. The fourth-order valence-electron chi connectivity index (χ4n) is 2.03. The Bertz CT molecular complexity index is 664. The van der Waals surface area contributed by atoms with Crippen LogP contribution in [0.1, 0.15) is 6.92 Å². The van der Waals surface area contributed by atoms with E-state index < -0.39 is 5.82 Å². The monoisotopic (exact) mass is 332 g/mol. The first-order chi connectivity index (χ1) is 11.7. The van der Waals surface area contributed by atoms with Crippen LogP contribution in [0.2, 0.25) is 0 Å². The summed E-state index contributed by atoms with van der Waals surface area (Å²) in [5.41, 5.74) is 0.850. The third-order valence-corrected chi connectivity index (χ3v) is 3.16. The van der Waals surface area contributed by atoms with Gasteiger partial charge in [-0.3, -0.25) is 4.79 Å². The lowest BCUT2D eigenvalue weighted by atomic mass is 10.3. The van der Waals surface area contributed by atoms with Gasteiger partial charge in [0.2, 0.25) is 5.91 Å². The van der Waals surface area contributed by atoms with Crippen LogP contribution in [0.4, 0.5) is 15.8 Å². The van der Waals surface area contributed by atoms with E-state index >= 15 is 0 Å². The largest absolute Gasteiger partial charge is 0.489 e. The number of benzene rings is 2. The van der Waals surface area contributed by atoms with Crippen LogP contribution in [0.15, 0.2) is 48.5 Å². The van der Waals surface area contributed by atoms with Gasteiger partial charge >= 0.3 is 0 Å². The van der Waals surface area contributed by atoms with Crippen LogP contribution >= 0.6 is 0 Å². The molecule has 2 rings (SSSR count). The molecule has 24 heavy (non-hydrogen) atoms. The van der Waals surface area contributed by atoms with Crippen LogP contribution in [0, 0.1) is 5.82 Å². The lowest BCUT2D eigenvalue weighted by Gasteiger charge is -2.13. The Balaban J connectivity index is 1.88. The number of para-hydroxylation sites is 3. The van der Waals surface area contributed by atoms with Crippen molar-refractivity contribution in [3.8, 4) is 5.75 Å². The van der Waals surface area contributed by atoms with Crippen LogP contribution in [-0.4, -0.2) is 32.3 Å². The molecule has 0 radical (unpaired) electrons. The molecule has 0 atom stereocenters. The van der Waals surface area contributed by atoms with Crippen molar-refractivity contribution in [2.45, 2.75) is 6.92 Å². The van der Waals surface area contributed by atoms with Crippen LogP contribution in [-0.2, 0) is 9.53 Å². The molecule has 5 nitrogen and oxygen atoms in total. The number of halogens is 1. The molecule has 1 amide bonds. The Labute approximate surface area is 140 Å². The minimum absolute atomic E-state index is 0.0474. The van der Waals surface area contributed by atoms with E-state index in [1.165, 1.54) is 6.07 Å². The second-order valence-electron chi connectivity index (χ2n) is 4.92. The maximum Gasteiger partial charge on any atom is 0.243 e. The summed E-state index contributed by atoms with van der Waals surface area (Å²) in [5.74, 6) is -0.125. The van der Waals surface area contributed by atoms with Crippen molar-refractivity contribution in [1.29, 1.82) is 0 Å². The van der Waals surface area contributed by atoms with Gasteiger partial charge in [-0.2, -0.15) is 0 Å². The predicted molar refractivity (Wildman–Crippen MR) is 91.9 cm³/mol. The Morgan fingerprint density at radius 3 is 2.50 bits per heavy atom. The topological polar surface area (TPSA) is 59.6 Å². The maximum absolute atomic E-state index is 13.5. The van der Waals surface area contributed by atoms with E-state index in [-0.39, 0.29) is 18.1 Å². The molecule has 0 bridgehead atoms. The SMILES string of the molecule is CCOCCOc1ccccc1NC(=O)CNc1ccccc1F. The molecule has 0 fully saturated rings. The molecule has 0 spiro atoms. The molecule has 6 heteroatoms. The maximum atomic E-state index is 13.5. The Morgan fingerprint density at radius 1 is 1.04 bits per heavy atom. The van der Waals surface area contributed by atoms with Crippen molar-refractivity contribution in [2.75, 3.05) is 37.0 Å². The highest BCUT2D eigenvalue weighted by molar-refractivity contribution is 5.95. The summed E-state index contributed by atoms with van der Waals surface area (Å²) in [6.45, 7) is 3.37. The van der Waals surface area contributed by atoms with Gasteiger partial charge in [-0.05, 0) is 31.2 Å². The van der Waals surface area contributed by atoms with E-state index in [2.05, 4.69) is 10.6 Å². The highest BCUT2D eigenvalue weighted by atomic mass is 19.1. The van der Waals surface area contributed by atoms with Crippen molar-refractivity contribution in [3.63, 3.8) is 0 Å². The van der Waals surface area contributed by atoms with E-state index in [0.717, 1.165) is 0 Å². The number of carbonyl (C=O) groups is 1. The zero-order valence-electron chi connectivity index (χ0n) is 13.5. The summed E-state index contributed by atoms with van der Waals surface area (Å²) < 4.78 is 24.3. The van der Waals surface area contributed by atoms with Gasteiger partial charge in [0.15, 0.2) is 0 Å². The molecule has 2 aromatic rings. The van der Waals surface area contributed by atoms with Crippen molar-refractivity contribution in [3.05, 3.63) is 54.3 Å². The normalized spacial score (nSPS) is 10.2. The third kappa shape index (κ3) is 5.55. The molecule has 0 aromatic heterocycles. The first-order valence-electron chi connectivity index (χ1n) is 7.78. The van der Waals surface area contributed by atoms with E-state index in [9.17, 15) is 9.18 Å². The van der Waals surface area contributed by atoms with E-state index in [0.29, 0.717) is 31.3 Å². The molecule has 0 saturated heterocycles. The van der Waals surface area contributed by atoms with Crippen molar-refractivity contribution < 1.29 is 18.7 Å². The summed E-state index contributed by atoms with van der Waals surface area (Å²) in [7, 11) is 0. The minimum Gasteiger partial charge on any atom is -0.489 e. The summed E-state index contributed by atoms with van der Waals surface area (Å²) >= 11 is 0. The van der Waals surface area contributed by atoms with E-state index in [1.54, 1.807) is 36.4 Å². The van der Waals surface area contributed by atoms with Crippen molar-refractivity contribution in [1.82, 2.24) is 0 Å². The summed E-state index contributed by atoms with van der Waals surface area (Å²) in [4.78, 5) is 12.0. The molecular weight excluding hydrogens is 311 g/mol. The van der Waals surface area contributed by atoms with Gasteiger partial charge in [-0.15, -0.1) is 0 Å². The standard InChI is InChI=1S/C18H21FN2O3/c1-2-23-11-12-24-17-10-6-5-9-16(17)21-18(22)13-20-15-8-4-3-7-14(15)19/h3-10,20H,2,11-13H2,1H3,(H,21,22). The zero-order valence-corrected chi connectivity index (χ0v) is 13.5. The Hall–Kier alpha value is -2.60. The number of amides is 1. The molecular formula is C18H21FN2O3. The number of ether oxygens (including phenoxy) is 2. The number of rotatable bonds is 9. The van der Waals surface area contributed by atoms with E-state index in [1.807, 2.05) is 13.0 Å². The summed E-state index contributed by atoms with van der Waals surface area (Å²) in [5, 5.41) is 5.52. The molecule has 128 valence electrons. The van der Waals surface area contributed by atoms with Crippen molar-refractivity contribution >= 4 is 17.3 Å². The average Bonchev–Trinajstić information content (AvgIpc) is 2.59. The number of nitrogens with one attached hydrogen (secondary N) is 2. The molecule has 0 aliphatic heterocycles. The van der Waals surface area contributed by atoms with Gasteiger partial charge in [0.05, 0.1) is 24.5 Å². The number of hydrogen-bond acceptors (Lipinski definition) is 4. The van der Waals surface area contributed by atoms with Crippen LogP contribution in [0.5, 0.6) is 5.75 Å². The van der Waals surface area contributed by atoms with Crippen LogP contribution in [0.25, 0.3) is 0 Å². The third-order valence-electron chi connectivity index (χ3n) is 3.16. The lowest BCUT2D eigenvalue weighted by molar-refractivity contribution is -0.114. The molecule has 0 aliphatic carbocycles. The quantitative estimate of drug-likeness (QED) is 0.692. The molecule has 0 saturated carbocycles. The Morgan fingerprint density at radius 2 is 1.75 bits per heavy atom. The number of hydrogen-bond donors (Lipinski definition) is 2. The predicted octanol–water partition coefficient (Wildman–Crippen LogP) is 3.29.